The van der Waals surface area contributed by atoms with Gasteiger partial charge in [0.1, 0.15) is 0 Å². The Bertz CT molecular complexity index is 798. The summed E-state index contributed by atoms with van der Waals surface area (Å²) in [5, 5.41) is 0.210. The summed E-state index contributed by atoms with van der Waals surface area (Å²) in [6, 6.07) is 9.99. The Balaban J connectivity index is 2.64. The van der Waals surface area contributed by atoms with Gasteiger partial charge in [-0.3, -0.25) is 9.59 Å². The van der Waals surface area contributed by atoms with Crippen LogP contribution in [0.3, 0.4) is 0 Å². The monoisotopic (exact) mass is 410 g/mol. The van der Waals surface area contributed by atoms with Crippen molar-refractivity contribution in [3.63, 3.8) is 0 Å². The third-order valence-electron chi connectivity index (χ3n) is 4.35. The van der Waals surface area contributed by atoms with Gasteiger partial charge < -0.3 is 4.57 Å². The van der Waals surface area contributed by atoms with Gasteiger partial charge in [0.2, 0.25) is 18.2 Å². The van der Waals surface area contributed by atoms with Crippen LogP contribution in [-0.2, 0) is 4.57 Å². The SMILES string of the molecule is CCCCP(=O)(C(=O)c1c(C)cccc1C)C(=O)c1c(Cl)cccc1Cl. The van der Waals surface area contributed by atoms with Crippen LogP contribution in [0.25, 0.3) is 0 Å². The lowest BCUT2D eigenvalue weighted by Gasteiger charge is -2.19. The molecule has 0 heterocycles. The van der Waals surface area contributed by atoms with E-state index in [1.807, 2.05) is 13.0 Å². The van der Waals surface area contributed by atoms with E-state index in [0.29, 0.717) is 29.5 Å². The summed E-state index contributed by atoms with van der Waals surface area (Å²) in [5.74, 6) is 0. The molecule has 26 heavy (non-hydrogen) atoms. The molecule has 0 saturated carbocycles. The molecule has 0 aliphatic carbocycles. The van der Waals surface area contributed by atoms with Gasteiger partial charge in [-0.15, -0.1) is 0 Å². The van der Waals surface area contributed by atoms with E-state index in [9.17, 15) is 14.2 Å². The Labute approximate surface area is 164 Å². The zero-order valence-electron chi connectivity index (χ0n) is 15.0. The average molecular weight is 411 g/mol. The summed E-state index contributed by atoms with van der Waals surface area (Å²) in [4.78, 5) is 26.5. The van der Waals surface area contributed by atoms with Crippen molar-refractivity contribution in [2.24, 2.45) is 0 Å². The van der Waals surface area contributed by atoms with E-state index in [1.54, 1.807) is 32.0 Å². The van der Waals surface area contributed by atoms with Gasteiger partial charge in [0.15, 0.2) is 0 Å². The molecule has 0 aliphatic rings. The van der Waals surface area contributed by atoms with Crippen LogP contribution in [0.15, 0.2) is 36.4 Å². The first-order valence-electron chi connectivity index (χ1n) is 8.43. The zero-order valence-corrected chi connectivity index (χ0v) is 17.4. The van der Waals surface area contributed by atoms with Gasteiger partial charge >= 0.3 is 0 Å². The van der Waals surface area contributed by atoms with Crippen molar-refractivity contribution in [3.05, 3.63) is 68.7 Å². The highest BCUT2D eigenvalue weighted by molar-refractivity contribution is 7.95. The molecule has 0 fully saturated rings. The molecule has 6 heteroatoms. The maximum absolute atomic E-state index is 13.8. The van der Waals surface area contributed by atoms with E-state index < -0.39 is 18.2 Å². The molecule has 0 saturated heterocycles. The van der Waals surface area contributed by atoms with Crippen LogP contribution in [0.4, 0.5) is 0 Å². The lowest BCUT2D eigenvalue weighted by molar-refractivity contribution is 0.103. The number of benzene rings is 2. The quantitative estimate of drug-likeness (QED) is 0.474. The fourth-order valence-electron chi connectivity index (χ4n) is 2.89. The molecule has 0 bridgehead atoms. The predicted octanol–water partition coefficient (Wildman–Crippen LogP) is 6.75. The van der Waals surface area contributed by atoms with E-state index in [1.165, 1.54) is 12.1 Å². The molecule has 0 spiro atoms. The van der Waals surface area contributed by atoms with Crippen molar-refractivity contribution in [1.82, 2.24) is 0 Å². The van der Waals surface area contributed by atoms with Crippen LogP contribution >= 0.6 is 30.3 Å². The highest BCUT2D eigenvalue weighted by atomic mass is 35.5. The molecule has 1 unspecified atom stereocenters. The summed E-state index contributed by atoms with van der Waals surface area (Å²) >= 11 is 12.3. The van der Waals surface area contributed by atoms with Gasteiger partial charge in [-0.25, -0.2) is 0 Å². The number of hydrogen-bond acceptors (Lipinski definition) is 3. The molecular formula is C20H21Cl2O3P. The van der Waals surface area contributed by atoms with Gasteiger partial charge in [0.25, 0.3) is 0 Å². The molecule has 0 aliphatic heterocycles. The van der Waals surface area contributed by atoms with Crippen molar-refractivity contribution < 1.29 is 14.2 Å². The third kappa shape index (κ3) is 3.96. The molecule has 1 atom stereocenters. The van der Waals surface area contributed by atoms with Crippen LogP contribution in [0.5, 0.6) is 0 Å². The second kappa shape index (κ2) is 8.52. The molecule has 2 rings (SSSR count). The molecule has 3 nitrogen and oxygen atoms in total. The van der Waals surface area contributed by atoms with E-state index >= 15 is 0 Å². The second-order valence-electron chi connectivity index (χ2n) is 6.29. The highest BCUT2D eigenvalue weighted by Crippen LogP contribution is 2.54. The number of carbonyl (C=O) groups is 2. The van der Waals surface area contributed by atoms with Crippen molar-refractivity contribution in [2.75, 3.05) is 6.16 Å². The maximum atomic E-state index is 13.8. The first-order chi connectivity index (χ1) is 12.2. The first kappa shape index (κ1) is 20.9. The van der Waals surface area contributed by atoms with Crippen LogP contribution in [0.2, 0.25) is 10.0 Å². The van der Waals surface area contributed by atoms with Crippen molar-refractivity contribution >= 4 is 41.4 Å². The average Bonchev–Trinajstić information content (AvgIpc) is 2.59. The number of unbranched alkanes of at least 4 members (excludes halogenated alkanes) is 1. The molecule has 0 aromatic heterocycles. The molecule has 2 aromatic rings. The Morgan fingerprint density at radius 1 is 0.885 bits per heavy atom. The second-order valence-corrected chi connectivity index (χ2v) is 9.84. The van der Waals surface area contributed by atoms with E-state index in [0.717, 1.165) is 0 Å². The lowest BCUT2D eigenvalue weighted by Crippen LogP contribution is -2.16. The van der Waals surface area contributed by atoms with Crippen LogP contribution in [0, 0.1) is 13.8 Å². The number of carbonyl (C=O) groups excluding carboxylic acids is 2. The van der Waals surface area contributed by atoms with Gasteiger partial charge in [-0.05, 0) is 43.5 Å². The van der Waals surface area contributed by atoms with Crippen molar-refractivity contribution in [2.45, 2.75) is 33.6 Å². The molecule has 0 radical (unpaired) electrons. The zero-order chi connectivity index (χ0) is 19.5. The lowest BCUT2D eigenvalue weighted by atomic mass is 10.0. The third-order valence-corrected chi connectivity index (χ3v) is 7.69. The van der Waals surface area contributed by atoms with Gasteiger partial charge in [0, 0.05) is 11.7 Å². The standard InChI is InChI=1S/C20H21Cl2O3P/c1-4-5-12-26(25,19(23)17-13(2)8-6-9-14(17)3)20(24)18-15(21)10-7-11-16(18)22/h6-11H,4-5,12H2,1-3H3. The van der Waals surface area contributed by atoms with Crippen LogP contribution in [0.1, 0.15) is 51.6 Å². The molecule has 0 N–H and O–H groups in total. The summed E-state index contributed by atoms with van der Waals surface area (Å²) in [6.07, 6.45) is 1.23. The van der Waals surface area contributed by atoms with Gasteiger partial charge in [0.05, 0.1) is 15.6 Å². The first-order valence-corrected chi connectivity index (χ1v) is 11.1. The Morgan fingerprint density at radius 2 is 1.35 bits per heavy atom. The highest BCUT2D eigenvalue weighted by Gasteiger charge is 2.42. The van der Waals surface area contributed by atoms with Gasteiger partial charge in [-0.1, -0.05) is 60.8 Å². The predicted molar refractivity (Wildman–Crippen MR) is 108 cm³/mol. The number of aryl methyl sites for hydroxylation is 2. The Morgan fingerprint density at radius 3 is 1.85 bits per heavy atom. The Kier molecular flexibility index (Phi) is 6.85. The summed E-state index contributed by atoms with van der Waals surface area (Å²) in [6.45, 7) is 5.47. The Hall–Kier alpha value is -1.41. The fraction of sp³-hybridized carbons (Fsp3) is 0.300. The van der Waals surface area contributed by atoms with Gasteiger partial charge in [-0.2, -0.15) is 0 Å². The smallest absolute Gasteiger partial charge is 0.231 e. The molecule has 0 amide bonds. The number of hydrogen-bond donors (Lipinski definition) is 0. The summed E-state index contributed by atoms with van der Waals surface area (Å²) < 4.78 is 13.8. The minimum Gasteiger partial charge on any atom is -0.307 e. The van der Waals surface area contributed by atoms with E-state index in [-0.39, 0.29) is 21.8 Å². The summed E-state index contributed by atoms with van der Waals surface area (Å²) in [5.41, 5.74) is 0.351. The van der Waals surface area contributed by atoms with Crippen LogP contribution < -0.4 is 0 Å². The minimum atomic E-state index is -3.92. The number of halogens is 2. The largest absolute Gasteiger partial charge is 0.307 e. The molecule has 2 aromatic carbocycles. The topological polar surface area (TPSA) is 51.2 Å². The van der Waals surface area contributed by atoms with E-state index in [4.69, 9.17) is 23.2 Å². The fourth-order valence-corrected chi connectivity index (χ4v) is 6.26. The minimum absolute atomic E-state index is 0.0104. The van der Waals surface area contributed by atoms with Crippen molar-refractivity contribution in [3.8, 4) is 0 Å². The normalized spacial score (nSPS) is 13.3. The van der Waals surface area contributed by atoms with E-state index in [2.05, 4.69) is 0 Å². The number of rotatable bonds is 7. The summed E-state index contributed by atoms with van der Waals surface area (Å²) in [7, 11) is -3.92. The molecular weight excluding hydrogens is 390 g/mol. The molecule has 138 valence electrons. The van der Waals surface area contributed by atoms with Crippen LogP contribution in [-0.4, -0.2) is 17.2 Å². The van der Waals surface area contributed by atoms with Crippen molar-refractivity contribution in [1.29, 1.82) is 0 Å². The maximum Gasteiger partial charge on any atom is 0.231 e.